The molecule has 0 aliphatic carbocycles. The molecule has 0 bridgehead atoms. The Kier molecular flexibility index (Phi) is 7.19. The number of ether oxygens (including phenoxy) is 1. The number of aromatic nitrogens is 2. The van der Waals surface area contributed by atoms with Gasteiger partial charge in [0, 0.05) is 19.3 Å². The Bertz CT molecular complexity index is 1090. The van der Waals surface area contributed by atoms with Crippen molar-refractivity contribution in [2.24, 2.45) is 0 Å². The topological polar surface area (TPSA) is 70.6 Å². The summed E-state index contributed by atoms with van der Waals surface area (Å²) >= 11 is 0. The van der Waals surface area contributed by atoms with Gasteiger partial charge in [0.15, 0.2) is 0 Å². The average molecular weight is 446 g/mol. The first-order valence-electron chi connectivity index (χ1n) is 11.3. The van der Waals surface area contributed by atoms with Crippen molar-refractivity contribution in [3.8, 4) is 5.75 Å². The van der Waals surface area contributed by atoms with Crippen molar-refractivity contribution < 1.29 is 9.53 Å². The fourth-order valence-corrected chi connectivity index (χ4v) is 4.26. The summed E-state index contributed by atoms with van der Waals surface area (Å²) in [6.07, 6.45) is 5.51. The number of aryl methyl sites for hydroxylation is 1. The van der Waals surface area contributed by atoms with Crippen LogP contribution in [0.25, 0.3) is 0 Å². The van der Waals surface area contributed by atoms with Gasteiger partial charge in [0.2, 0.25) is 5.91 Å². The van der Waals surface area contributed by atoms with Gasteiger partial charge in [0.1, 0.15) is 11.6 Å². The van der Waals surface area contributed by atoms with Gasteiger partial charge in [0.05, 0.1) is 37.3 Å². The van der Waals surface area contributed by atoms with Crippen LogP contribution in [0.4, 0.5) is 11.5 Å². The van der Waals surface area contributed by atoms with Gasteiger partial charge in [-0.2, -0.15) is 0 Å². The highest BCUT2D eigenvalue weighted by Crippen LogP contribution is 2.31. The fourth-order valence-electron chi connectivity index (χ4n) is 4.26. The summed E-state index contributed by atoms with van der Waals surface area (Å²) in [4.78, 5) is 26.2. The number of nitrogens with zero attached hydrogens (tertiary/aromatic N) is 4. The van der Waals surface area contributed by atoms with E-state index >= 15 is 0 Å². The molecular formula is C26H31N5O2. The number of hydrogen-bond acceptors (Lipinski definition) is 6. The van der Waals surface area contributed by atoms with E-state index in [2.05, 4.69) is 15.3 Å². The molecule has 2 aromatic heterocycles. The number of carbonyl (C=O) groups is 1. The fraction of sp³-hybridized carbons (Fsp3) is 0.346. The number of hydrogen-bond donors (Lipinski definition) is 1. The lowest BCUT2D eigenvalue weighted by Gasteiger charge is -2.27. The zero-order valence-corrected chi connectivity index (χ0v) is 19.5. The Hall–Kier alpha value is -3.45. The number of amides is 1. The molecule has 1 aliphatic rings. The quantitative estimate of drug-likeness (QED) is 0.556. The lowest BCUT2D eigenvalue weighted by atomic mass is 10.1. The van der Waals surface area contributed by atoms with Crippen molar-refractivity contribution in [3.63, 3.8) is 0 Å². The van der Waals surface area contributed by atoms with Crippen molar-refractivity contribution >= 4 is 17.4 Å². The first kappa shape index (κ1) is 22.7. The minimum absolute atomic E-state index is 0.0216. The van der Waals surface area contributed by atoms with Crippen molar-refractivity contribution in [3.05, 3.63) is 77.7 Å². The minimum Gasteiger partial charge on any atom is -0.497 e. The number of carbonyl (C=O) groups excluding carboxylic acids is 1. The van der Waals surface area contributed by atoms with Gasteiger partial charge in [-0.1, -0.05) is 18.2 Å². The molecule has 1 N–H and O–H groups in total. The van der Waals surface area contributed by atoms with Crippen LogP contribution >= 0.6 is 0 Å². The SMILES string of the molecule is COc1cccc(CN(C)CC(=O)N2CCC[C@@H]2c2ccc(Nc3ncccc3C)cn2)c1. The molecule has 1 aromatic carbocycles. The van der Waals surface area contributed by atoms with E-state index in [1.807, 2.05) is 78.5 Å². The van der Waals surface area contributed by atoms with Crippen LogP contribution in [-0.2, 0) is 11.3 Å². The van der Waals surface area contributed by atoms with Crippen LogP contribution in [0.15, 0.2) is 60.9 Å². The highest BCUT2D eigenvalue weighted by Gasteiger charge is 2.31. The number of methoxy groups -OCH3 is 1. The Labute approximate surface area is 195 Å². The van der Waals surface area contributed by atoms with E-state index in [4.69, 9.17) is 4.74 Å². The Morgan fingerprint density at radius 3 is 2.85 bits per heavy atom. The molecule has 0 radical (unpaired) electrons. The van der Waals surface area contributed by atoms with Crippen LogP contribution in [0.1, 0.15) is 35.7 Å². The van der Waals surface area contributed by atoms with Gasteiger partial charge < -0.3 is 15.0 Å². The molecule has 0 unspecified atom stereocenters. The maximum Gasteiger partial charge on any atom is 0.237 e. The van der Waals surface area contributed by atoms with E-state index in [9.17, 15) is 4.79 Å². The summed E-state index contributed by atoms with van der Waals surface area (Å²) in [6.45, 7) is 3.84. The van der Waals surface area contributed by atoms with Crippen molar-refractivity contribution in [2.75, 3.05) is 32.6 Å². The molecule has 1 aliphatic heterocycles. The van der Waals surface area contributed by atoms with Gasteiger partial charge in [-0.25, -0.2) is 4.98 Å². The largest absolute Gasteiger partial charge is 0.497 e. The van der Waals surface area contributed by atoms with Crippen LogP contribution < -0.4 is 10.1 Å². The van der Waals surface area contributed by atoms with E-state index in [1.54, 1.807) is 13.3 Å². The zero-order valence-electron chi connectivity index (χ0n) is 19.5. The van der Waals surface area contributed by atoms with E-state index in [0.717, 1.165) is 53.5 Å². The summed E-state index contributed by atoms with van der Waals surface area (Å²) in [5.41, 5.74) is 4.01. The molecule has 33 heavy (non-hydrogen) atoms. The maximum atomic E-state index is 13.1. The molecule has 1 amide bonds. The molecule has 4 rings (SSSR count). The number of likely N-dealkylation sites (tertiary alicyclic amines) is 1. The molecule has 0 saturated carbocycles. The van der Waals surface area contributed by atoms with E-state index < -0.39 is 0 Å². The number of anilines is 2. The number of benzene rings is 1. The first-order chi connectivity index (χ1) is 16.0. The van der Waals surface area contributed by atoms with Gasteiger partial charge in [-0.3, -0.25) is 14.7 Å². The Balaban J connectivity index is 1.37. The second kappa shape index (κ2) is 10.4. The minimum atomic E-state index is 0.0216. The second-order valence-electron chi connectivity index (χ2n) is 8.53. The number of pyridine rings is 2. The van der Waals surface area contributed by atoms with Gasteiger partial charge in [0.25, 0.3) is 0 Å². The number of likely N-dealkylation sites (N-methyl/N-ethyl adjacent to an activating group) is 1. The third-order valence-corrected chi connectivity index (χ3v) is 5.96. The standard InChI is InChI=1S/C26H31N5O2/c1-19-7-5-13-27-26(19)29-21-11-12-23(28-16-21)24-10-6-14-31(24)25(32)18-30(2)17-20-8-4-9-22(15-20)33-3/h4-5,7-9,11-13,15-16,24H,6,10,14,17-18H2,1-3H3,(H,27,29)/t24-/m1/s1. The Morgan fingerprint density at radius 2 is 2.09 bits per heavy atom. The van der Waals surface area contributed by atoms with Crippen LogP contribution in [0.2, 0.25) is 0 Å². The monoisotopic (exact) mass is 445 g/mol. The van der Waals surface area contributed by atoms with Gasteiger partial charge >= 0.3 is 0 Å². The molecule has 1 fully saturated rings. The average Bonchev–Trinajstić information content (AvgIpc) is 3.31. The normalized spacial score (nSPS) is 15.6. The van der Waals surface area contributed by atoms with Crippen molar-refractivity contribution in [1.82, 2.24) is 19.8 Å². The van der Waals surface area contributed by atoms with Crippen molar-refractivity contribution in [2.45, 2.75) is 32.4 Å². The van der Waals surface area contributed by atoms with Crippen LogP contribution in [0.5, 0.6) is 5.75 Å². The lowest BCUT2D eigenvalue weighted by molar-refractivity contribution is -0.133. The predicted octanol–water partition coefficient (Wildman–Crippen LogP) is 4.33. The summed E-state index contributed by atoms with van der Waals surface area (Å²) in [7, 11) is 3.64. The number of nitrogens with one attached hydrogen (secondary N) is 1. The second-order valence-corrected chi connectivity index (χ2v) is 8.53. The molecular weight excluding hydrogens is 414 g/mol. The molecule has 0 spiro atoms. The van der Waals surface area contributed by atoms with Crippen molar-refractivity contribution in [1.29, 1.82) is 0 Å². The third-order valence-electron chi connectivity index (χ3n) is 5.96. The third kappa shape index (κ3) is 5.68. The Morgan fingerprint density at radius 1 is 1.21 bits per heavy atom. The summed E-state index contributed by atoms with van der Waals surface area (Å²) < 4.78 is 5.30. The summed E-state index contributed by atoms with van der Waals surface area (Å²) in [6, 6.07) is 15.9. The van der Waals surface area contributed by atoms with Crippen LogP contribution in [-0.4, -0.2) is 52.9 Å². The summed E-state index contributed by atoms with van der Waals surface area (Å²) in [5, 5.41) is 3.31. The lowest BCUT2D eigenvalue weighted by Crippen LogP contribution is -2.38. The molecule has 172 valence electrons. The molecule has 1 atom stereocenters. The molecule has 3 heterocycles. The zero-order chi connectivity index (χ0) is 23.2. The van der Waals surface area contributed by atoms with Gasteiger partial charge in [-0.15, -0.1) is 0 Å². The molecule has 3 aromatic rings. The highest BCUT2D eigenvalue weighted by atomic mass is 16.5. The number of rotatable bonds is 8. The predicted molar refractivity (Wildman–Crippen MR) is 130 cm³/mol. The first-order valence-corrected chi connectivity index (χ1v) is 11.3. The van der Waals surface area contributed by atoms with Crippen LogP contribution in [0, 0.1) is 6.92 Å². The molecule has 7 heteroatoms. The smallest absolute Gasteiger partial charge is 0.237 e. The highest BCUT2D eigenvalue weighted by molar-refractivity contribution is 5.79. The molecule has 7 nitrogen and oxygen atoms in total. The van der Waals surface area contributed by atoms with Gasteiger partial charge in [-0.05, 0) is 68.3 Å². The molecule has 1 saturated heterocycles. The maximum absolute atomic E-state index is 13.1. The van der Waals surface area contributed by atoms with E-state index in [1.165, 1.54) is 0 Å². The van der Waals surface area contributed by atoms with E-state index in [0.29, 0.717) is 13.1 Å². The summed E-state index contributed by atoms with van der Waals surface area (Å²) in [5.74, 6) is 1.79. The van der Waals surface area contributed by atoms with E-state index in [-0.39, 0.29) is 11.9 Å². The van der Waals surface area contributed by atoms with Crippen LogP contribution in [0.3, 0.4) is 0 Å².